The van der Waals surface area contributed by atoms with E-state index < -0.39 is 6.10 Å². The molecule has 112 valence electrons. The molecule has 1 aliphatic rings. The molecule has 2 nitrogen and oxygen atoms in total. The molecule has 3 N–H and O–H groups in total. The van der Waals surface area contributed by atoms with Crippen LogP contribution < -0.4 is 5.73 Å². The zero-order chi connectivity index (χ0) is 14.6. The van der Waals surface area contributed by atoms with Crippen LogP contribution in [0, 0.1) is 18.2 Å². The predicted molar refractivity (Wildman–Crippen MR) is 79.9 cm³/mol. The summed E-state index contributed by atoms with van der Waals surface area (Å²) in [6.45, 7) is 2.20. The van der Waals surface area contributed by atoms with E-state index in [-0.39, 0.29) is 11.2 Å². The van der Waals surface area contributed by atoms with E-state index in [1.807, 2.05) is 6.07 Å². The fourth-order valence-corrected chi connectivity index (χ4v) is 3.33. The normalized spacial score (nSPS) is 21.0. The molecule has 0 amide bonds. The van der Waals surface area contributed by atoms with E-state index in [9.17, 15) is 9.50 Å². The van der Waals surface area contributed by atoms with Crippen LogP contribution in [0.25, 0.3) is 0 Å². The van der Waals surface area contributed by atoms with Gasteiger partial charge in [0.15, 0.2) is 0 Å². The highest BCUT2D eigenvalue weighted by atomic mass is 19.1. The Labute approximate surface area is 121 Å². The summed E-state index contributed by atoms with van der Waals surface area (Å²) in [6, 6.07) is 5.04. The minimum atomic E-state index is -0.666. The summed E-state index contributed by atoms with van der Waals surface area (Å²) in [4.78, 5) is 0. The van der Waals surface area contributed by atoms with Crippen LogP contribution in [-0.4, -0.2) is 11.7 Å². The van der Waals surface area contributed by atoms with Crippen LogP contribution in [0.5, 0.6) is 0 Å². The second-order valence-corrected chi connectivity index (χ2v) is 6.25. The number of hydrogen-bond acceptors (Lipinski definition) is 2. The van der Waals surface area contributed by atoms with Crippen LogP contribution in [0.15, 0.2) is 18.2 Å². The predicted octanol–water partition coefficient (Wildman–Crippen LogP) is 3.86. The van der Waals surface area contributed by atoms with Crippen molar-refractivity contribution in [1.82, 2.24) is 0 Å². The van der Waals surface area contributed by atoms with Crippen molar-refractivity contribution in [3.8, 4) is 0 Å². The van der Waals surface area contributed by atoms with E-state index in [4.69, 9.17) is 5.73 Å². The van der Waals surface area contributed by atoms with Gasteiger partial charge in [0, 0.05) is 12.0 Å². The third-order valence-corrected chi connectivity index (χ3v) is 4.85. The van der Waals surface area contributed by atoms with Gasteiger partial charge in [0.2, 0.25) is 0 Å². The Morgan fingerprint density at radius 3 is 2.35 bits per heavy atom. The minimum absolute atomic E-state index is 0.250. The third-order valence-electron chi connectivity index (χ3n) is 4.85. The molecule has 1 fully saturated rings. The van der Waals surface area contributed by atoms with Gasteiger partial charge in [0.05, 0.1) is 6.10 Å². The SMILES string of the molecule is Cc1ccc(C(O)C2(CN)CCCCCCC2)cc1F. The molecule has 0 bridgehead atoms. The molecule has 0 aromatic heterocycles. The van der Waals surface area contributed by atoms with E-state index in [0.717, 1.165) is 25.7 Å². The summed E-state index contributed by atoms with van der Waals surface area (Å²) in [5.74, 6) is -0.250. The highest BCUT2D eigenvalue weighted by Crippen LogP contribution is 2.43. The number of rotatable bonds is 3. The van der Waals surface area contributed by atoms with Gasteiger partial charge in [-0.25, -0.2) is 4.39 Å². The lowest BCUT2D eigenvalue weighted by molar-refractivity contribution is 0.00829. The van der Waals surface area contributed by atoms with Crippen LogP contribution in [0.2, 0.25) is 0 Å². The summed E-state index contributed by atoms with van der Waals surface area (Å²) >= 11 is 0. The van der Waals surface area contributed by atoms with Crippen LogP contribution >= 0.6 is 0 Å². The molecule has 0 spiro atoms. The number of benzene rings is 1. The van der Waals surface area contributed by atoms with Crippen molar-refractivity contribution in [3.05, 3.63) is 35.1 Å². The molecule has 1 aromatic carbocycles. The number of aliphatic hydroxyl groups excluding tert-OH is 1. The van der Waals surface area contributed by atoms with Crippen LogP contribution in [-0.2, 0) is 0 Å². The van der Waals surface area contributed by atoms with Crippen molar-refractivity contribution in [1.29, 1.82) is 0 Å². The van der Waals surface area contributed by atoms with E-state index >= 15 is 0 Å². The van der Waals surface area contributed by atoms with E-state index in [1.165, 1.54) is 25.3 Å². The van der Waals surface area contributed by atoms with Crippen molar-refractivity contribution in [2.24, 2.45) is 11.1 Å². The maximum Gasteiger partial charge on any atom is 0.126 e. The van der Waals surface area contributed by atoms with Gasteiger partial charge in [-0.2, -0.15) is 0 Å². The van der Waals surface area contributed by atoms with E-state index in [0.29, 0.717) is 17.7 Å². The van der Waals surface area contributed by atoms with Crippen molar-refractivity contribution in [3.63, 3.8) is 0 Å². The first kappa shape index (κ1) is 15.5. The summed E-state index contributed by atoms with van der Waals surface area (Å²) in [6.07, 6.45) is 7.08. The number of nitrogens with two attached hydrogens (primary N) is 1. The number of hydrogen-bond donors (Lipinski definition) is 2. The Kier molecular flexibility index (Phi) is 5.17. The molecule has 3 heteroatoms. The maximum absolute atomic E-state index is 13.7. The van der Waals surface area contributed by atoms with Gasteiger partial charge in [-0.1, -0.05) is 44.2 Å². The zero-order valence-electron chi connectivity index (χ0n) is 12.4. The van der Waals surface area contributed by atoms with Crippen molar-refractivity contribution in [2.75, 3.05) is 6.54 Å². The molecular formula is C17H26FNO. The first-order valence-electron chi connectivity index (χ1n) is 7.73. The molecule has 1 saturated carbocycles. The Morgan fingerprint density at radius 2 is 1.80 bits per heavy atom. The lowest BCUT2D eigenvalue weighted by Gasteiger charge is -2.39. The molecule has 0 radical (unpaired) electrons. The summed E-state index contributed by atoms with van der Waals surface area (Å²) < 4.78 is 13.7. The number of aliphatic hydroxyl groups is 1. The lowest BCUT2D eigenvalue weighted by atomic mass is 9.70. The molecule has 0 heterocycles. The second kappa shape index (κ2) is 6.68. The fraction of sp³-hybridized carbons (Fsp3) is 0.647. The van der Waals surface area contributed by atoms with Crippen molar-refractivity contribution in [2.45, 2.75) is 58.0 Å². The first-order valence-corrected chi connectivity index (χ1v) is 7.73. The molecule has 20 heavy (non-hydrogen) atoms. The zero-order valence-corrected chi connectivity index (χ0v) is 12.4. The smallest absolute Gasteiger partial charge is 0.126 e. The van der Waals surface area contributed by atoms with Gasteiger partial charge < -0.3 is 10.8 Å². The average molecular weight is 279 g/mol. The topological polar surface area (TPSA) is 46.2 Å². The molecule has 1 unspecified atom stereocenters. The quantitative estimate of drug-likeness (QED) is 0.882. The Bertz CT molecular complexity index is 439. The third kappa shape index (κ3) is 3.21. The molecule has 1 atom stereocenters. The lowest BCUT2D eigenvalue weighted by Crippen LogP contribution is -2.37. The van der Waals surface area contributed by atoms with Crippen molar-refractivity contribution < 1.29 is 9.50 Å². The minimum Gasteiger partial charge on any atom is -0.388 e. The van der Waals surface area contributed by atoms with Crippen molar-refractivity contribution >= 4 is 0 Å². The van der Waals surface area contributed by atoms with Gasteiger partial charge in [0.1, 0.15) is 5.82 Å². The van der Waals surface area contributed by atoms with E-state index in [1.54, 1.807) is 13.0 Å². The summed E-state index contributed by atoms with van der Waals surface area (Å²) in [5, 5.41) is 10.8. The van der Waals surface area contributed by atoms with Gasteiger partial charge in [0.25, 0.3) is 0 Å². The largest absolute Gasteiger partial charge is 0.388 e. The summed E-state index contributed by atoms with van der Waals surface area (Å²) in [7, 11) is 0. The Balaban J connectivity index is 2.25. The van der Waals surface area contributed by atoms with Crippen LogP contribution in [0.4, 0.5) is 4.39 Å². The van der Waals surface area contributed by atoms with Gasteiger partial charge in [-0.05, 0) is 37.0 Å². The van der Waals surface area contributed by atoms with Crippen LogP contribution in [0.1, 0.15) is 62.2 Å². The molecule has 1 aromatic rings. The molecular weight excluding hydrogens is 253 g/mol. The average Bonchev–Trinajstić information content (AvgIpc) is 2.42. The molecule has 1 aliphatic carbocycles. The highest BCUT2D eigenvalue weighted by molar-refractivity contribution is 5.26. The van der Waals surface area contributed by atoms with Gasteiger partial charge >= 0.3 is 0 Å². The van der Waals surface area contributed by atoms with Crippen LogP contribution in [0.3, 0.4) is 0 Å². The highest BCUT2D eigenvalue weighted by Gasteiger charge is 2.37. The first-order chi connectivity index (χ1) is 9.59. The Hall–Kier alpha value is -0.930. The van der Waals surface area contributed by atoms with Gasteiger partial charge in [-0.3, -0.25) is 0 Å². The monoisotopic (exact) mass is 279 g/mol. The Morgan fingerprint density at radius 1 is 1.20 bits per heavy atom. The molecule has 2 rings (SSSR count). The number of halogens is 1. The van der Waals surface area contributed by atoms with Gasteiger partial charge in [-0.15, -0.1) is 0 Å². The maximum atomic E-state index is 13.7. The molecule has 0 saturated heterocycles. The molecule has 0 aliphatic heterocycles. The number of aryl methyl sites for hydroxylation is 1. The standard InChI is InChI=1S/C17H26FNO/c1-13-7-8-14(11-15(13)18)16(20)17(12-19)9-5-3-2-4-6-10-17/h7-8,11,16,20H,2-6,9-10,12,19H2,1H3. The fourth-order valence-electron chi connectivity index (χ4n) is 3.33. The second-order valence-electron chi connectivity index (χ2n) is 6.25. The van der Waals surface area contributed by atoms with E-state index in [2.05, 4.69) is 0 Å². The summed E-state index contributed by atoms with van der Waals surface area (Å²) in [5.41, 5.74) is 7.00.